The second-order valence-corrected chi connectivity index (χ2v) is 12.0. The maximum atomic E-state index is 6.10. The molecule has 0 aromatic carbocycles. The lowest BCUT2D eigenvalue weighted by Crippen LogP contribution is -2.40. The SMILES string of the molecule is CC(C)(C)/N=C\CCCO[Si](C)(C)C(C)(C)C. The fourth-order valence-corrected chi connectivity index (χ4v) is 2.14. The topological polar surface area (TPSA) is 21.6 Å². The maximum absolute atomic E-state index is 6.10. The van der Waals surface area contributed by atoms with E-state index in [1.54, 1.807) is 0 Å². The summed E-state index contributed by atoms with van der Waals surface area (Å²) in [5.41, 5.74) is 0.0558. The van der Waals surface area contributed by atoms with Crippen LogP contribution in [0, 0.1) is 0 Å². The summed E-state index contributed by atoms with van der Waals surface area (Å²) < 4.78 is 6.10. The Bertz CT molecular complexity index is 246. The molecule has 0 rings (SSSR count). The van der Waals surface area contributed by atoms with Gasteiger partial charge < -0.3 is 4.43 Å². The predicted molar refractivity (Wildman–Crippen MR) is 80.6 cm³/mol. The van der Waals surface area contributed by atoms with Gasteiger partial charge in [0.1, 0.15) is 0 Å². The summed E-state index contributed by atoms with van der Waals surface area (Å²) in [5.74, 6) is 0. The first-order chi connectivity index (χ1) is 7.46. The van der Waals surface area contributed by atoms with Crippen molar-refractivity contribution in [3.63, 3.8) is 0 Å². The Kier molecular flexibility index (Phi) is 6.09. The highest BCUT2D eigenvalue weighted by molar-refractivity contribution is 6.74. The van der Waals surface area contributed by atoms with Crippen LogP contribution in [0.15, 0.2) is 4.99 Å². The average Bonchev–Trinajstić information content (AvgIpc) is 2.07. The molecule has 0 saturated heterocycles. The Morgan fingerprint density at radius 2 is 1.59 bits per heavy atom. The molecule has 0 bridgehead atoms. The Morgan fingerprint density at radius 1 is 1.06 bits per heavy atom. The van der Waals surface area contributed by atoms with E-state index in [-0.39, 0.29) is 5.54 Å². The second-order valence-electron chi connectivity index (χ2n) is 7.23. The third kappa shape index (κ3) is 7.71. The summed E-state index contributed by atoms with van der Waals surface area (Å²) >= 11 is 0. The zero-order valence-corrected chi connectivity index (χ0v) is 14.1. The molecule has 0 aliphatic heterocycles. The minimum absolute atomic E-state index is 0.0558. The molecule has 0 aromatic heterocycles. The molecular weight excluding hydrogens is 226 g/mol. The summed E-state index contributed by atoms with van der Waals surface area (Å²) in [5, 5.41) is 0.312. The molecule has 0 fully saturated rings. The van der Waals surface area contributed by atoms with E-state index in [4.69, 9.17) is 4.43 Å². The first-order valence-corrected chi connectivity index (χ1v) is 9.54. The monoisotopic (exact) mass is 257 g/mol. The highest BCUT2D eigenvalue weighted by Crippen LogP contribution is 2.36. The van der Waals surface area contributed by atoms with Gasteiger partial charge in [0.05, 0.1) is 5.54 Å². The van der Waals surface area contributed by atoms with E-state index in [9.17, 15) is 0 Å². The second kappa shape index (κ2) is 6.14. The lowest BCUT2D eigenvalue weighted by Gasteiger charge is -2.36. The summed E-state index contributed by atoms with van der Waals surface area (Å²) in [7, 11) is -1.55. The summed E-state index contributed by atoms with van der Waals surface area (Å²) in [4.78, 5) is 4.47. The standard InChI is InChI=1S/C14H31NOSi/c1-13(2,3)15-11-9-10-12-16-17(7,8)14(4,5)6/h11H,9-10,12H2,1-8H3/b15-11-. The zero-order valence-electron chi connectivity index (χ0n) is 13.1. The third-order valence-corrected chi connectivity index (χ3v) is 7.76. The van der Waals surface area contributed by atoms with Crippen LogP contribution in [0.1, 0.15) is 54.4 Å². The van der Waals surface area contributed by atoms with Crippen LogP contribution in [0.5, 0.6) is 0 Å². The summed E-state index contributed by atoms with van der Waals surface area (Å²) in [6, 6.07) is 0. The number of hydrogen-bond acceptors (Lipinski definition) is 2. The average molecular weight is 257 g/mol. The van der Waals surface area contributed by atoms with Crippen molar-refractivity contribution in [1.29, 1.82) is 0 Å². The van der Waals surface area contributed by atoms with Crippen LogP contribution in [0.3, 0.4) is 0 Å². The number of aliphatic imine (C=N–C) groups is 1. The molecule has 3 heteroatoms. The van der Waals surface area contributed by atoms with Crippen molar-refractivity contribution in [3.05, 3.63) is 0 Å². The van der Waals surface area contributed by atoms with Crippen LogP contribution in [0.4, 0.5) is 0 Å². The molecule has 0 amide bonds. The lowest BCUT2D eigenvalue weighted by molar-refractivity contribution is 0.285. The molecular formula is C14H31NOSi. The van der Waals surface area contributed by atoms with Crippen LogP contribution in [0.2, 0.25) is 18.1 Å². The first kappa shape index (κ1) is 16.8. The number of unbranched alkanes of at least 4 members (excludes halogenated alkanes) is 1. The fraction of sp³-hybridized carbons (Fsp3) is 0.929. The molecule has 2 nitrogen and oxygen atoms in total. The van der Waals surface area contributed by atoms with Crippen molar-refractivity contribution >= 4 is 14.5 Å². The van der Waals surface area contributed by atoms with E-state index in [0.717, 1.165) is 19.4 Å². The predicted octanol–water partition coefficient (Wildman–Crippen LogP) is 4.66. The normalized spacial score (nSPS) is 14.6. The first-order valence-electron chi connectivity index (χ1n) is 6.63. The van der Waals surface area contributed by atoms with Gasteiger partial charge in [-0.15, -0.1) is 0 Å². The van der Waals surface area contributed by atoms with Gasteiger partial charge in [-0.05, 0) is 58.0 Å². The molecule has 0 saturated carbocycles. The maximum Gasteiger partial charge on any atom is 0.191 e. The summed E-state index contributed by atoms with van der Waals surface area (Å²) in [6.45, 7) is 18.7. The van der Waals surface area contributed by atoms with Gasteiger partial charge in [-0.1, -0.05) is 20.8 Å². The highest BCUT2D eigenvalue weighted by Gasteiger charge is 2.36. The van der Waals surface area contributed by atoms with E-state index in [2.05, 4.69) is 59.6 Å². The minimum atomic E-state index is -1.55. The van der Waals surface area contributed by atoms with Crippen molar-refractivity contribution in [2.24, 2.45) is 4.99 Å². The van der Waals surface area contributed by atoms with Gasteiger partial charge in [0.15, 0.2) is 8.32 Å². The molecule has 0 atom stereocenters. The Labute approximate surface area is 109 Å². The van der Waals surface area contributed by atoms with Crippen LogP contribution < -0.4 is 0 Å². The Hall–Kier alpha value is -0.153. The molecule has 0 spiro atoms. The fourth-order valence-electron chi connectivity index (χ4n) is 1.06. The highest BCUT2D eigenvalue weighted by atomic mass is 28.4. The van der Waals surface area contributed by atoms with Crippen molar-refractivity contribution in [1.82, 2.24) is 0 Å². The Balaban J connectivity index is 3.84. The van der Waals surface area contributed by atoms with E-state index >= 15 is 0 Å². The number of nitrogens with zero attached hydrogens (tertiary/aromatic N) is 1. The molecule has 0 unspecified atom stereocenters. The smallest absolute Gasteiger partial charge is 0.191 e. The van der Waals surface area contributed by atoms with Gasteiger partial charge in [0.2, 0.25) is 0 Å². The third-order valence-electron chi connectivity index (χ3n) is 3.23. The van der Waals surface area contributed by atoms with E-state index in [1.807, 2.05) is 6.21 Å². The van der Waals surface area contributed by atoms with E-state index in [1.165, 1.54) is 0 Å². The van der Waals surface area contributed by atoms with Gasteiger partial charge in [-0.25, -0.2) is 0 Å². The molecule has 0 aliphatic carbocycles. The lowest BCUT2D eigenvalue weighted by atomic mass is 10.1. The van der Waals surface area contributed by atoms with Crippen LogP contribution in [-0.2, 0) is 4.43 Å². The summed E-state index contributed by atoms with van der Waals surface area (Å²) in [6.07, 6.45) is 4.13. The molecule has 102 valence electrons. The van der Waals surface area contributed by atoms with Gasteiger partial charge in [-0.3, -0.25) is 4.99 Å². The van der Waals surface area contributed by atoms with Gasteiger partial charge >= 0.3 is 0 Å². The molecule has 0 N–H and O–H groups in total. The van der Waals surface area contributed by atoms with Crippen LogP contribution in [-0.4, -0.2) is 26.7 Å². The number of rotatable bonds is 5. The van der Waals surface area contributed by atoms with Crippen LogP contribution >= 0.6 is 0 Å². The van der Waals surface area contributed by atoms with Crippen LogP contribution in [0.25, 0.3) is 0 Å². The largest absolute Gasteiger partial charge is 0.417 e. The molecule has 0 aliphatic rings. The molecule has 0 radical (unpaired) electrons. The van der Waals surface area contributed by atoms with E-state index in [0.29, 0.717) is 5.04 Å². The van der Waals surface area contributed by atoms with Crippen molar-refractivity contribution < 1.29 is 4.43 Å². The van der Waals surface area contributed by atoms with Gasteiger partial charge in [0.25, 0.3) is 0 Å². The minimum Gasteiger partial charge on any atom is -0.417 e. The molecule has 0 aromatic rings. The molecule has 0 heterocycles. The van der Waals surface area contributed by atoms with Crippen molar-refractivity contribution in [2.75, 3.05) is 6.61 Å². The van der Waals surface area contributed by atoms with Crippen molar-refractivity contribution in [3.8, 4) is 0 Å². The van der Waals surface area contributed by atoms with Gasteiger partial charge in [0, 0.05) is 6.61 Å². The van der Waals surface area contributed by atoms with Gasteiger partial charge in [-0.2, -0.15) is 0 Å². The Morgan fingerprint density at radius 3 is 2.00 bits per heavy atom. The van der Waals surface area contributed by atoms with E-state index < -0.39 is 8.32 Å². The van der Waals surface area contributed by atoms with Crippen molar-refractivity contribution in [2.45, 2.75) is 78.1 Å². The quantitative estimate of drug-likeness (QED) is 0.399. The zero-order chi connectivity index (χ0) is 13.7. The number of hydrogen-bond donors (Lipinski definition) is 0. The molecule has 17 heavy (non-hydrogen) atoms.